The molecule has 2 aromatic rings. The van der Waals surface area contributed by atoms with Crippen molar-refractivity contribution in [3.8, 4) is 17.5 Å². The van der Waals surface area contributed by atoms with Crippen molar-refractivity contribution in [3.63, 3.8) is 0 Å². The first-order valence-corrected chi connectivity index (χ1v) is 13.9. The zero-order valence-corrected chi connectivity index (χ0v) is 23.0. The van der Waals surface area contributed by atoms with Crippen molar-refractivity contribution in [1.82, 2.24) is 14.9 Å². The van der Waals surface area contributed by atoms with Crippen molar-refractivity contribution in [2.24, 2.45) is 5.92 Å². The number of likely N-dealkylation sites (N-methyl/N-ethyl adjacent to an activating group) is 1. The van der Waals surface area contributed by atoms with Crippen LogP contribution in [0.25, 0.3) is 0 Å². The Morgan fingerprint density at radius 2 is 1.82 bits per heavy atom. The fraction of sp³-hybridized carbons (Fsp3) is 0.586. The van der Waals surface area contributed by atoms with Gasteiger partial charge >= 0.3 is 6.01 Å². The first-order chi connectivity index (χ1) is 18.4. The Labute approximate surface area is 225 Å². The van der Waals surface area contributed by atoms with Crippen LogP contribution in [0.4, 0.5) is 11.5 Å². The fourth-order valence-electron chi connectivity index (χ4n) is 6.09. The molecule has 1 aliphatic carbocycles. The number of likely N-dealkylation sites (tertiary alicyclic amines) is 1. The minimum atomic E-state index is -0.247. The lowest BCUT2D eigenvalue weighted by Crippen LogP contribution is -2.55. The average Bonchev–Trinajstić information content (AvgIpc) is 3.46. The first-order valence-electron chi connectivity index (χ1n) is 13.9. The Hall–Kier alpha value is -3.20. The van der Waals surface area contributed by atoms with Gasteiger partial charge in [-0.15, -0.1) is 0 Å². The summed E-state index contributed by atoms with van der Waals surface area (Å²) in [5, 5.41) is 0. The van der Waals surface area contributed by atoms with E-state index in [0.29, 0.717) is 41.5 Å². The van der Waals surface area contributed by atoms with Crippen molar-refractivity contribution in [3.05, 3.63) is 30.0 Å². The molecule has 0 N–H and O–H groups in total. The molecule has 1 atom stereocenters. The van der Waals surface area contributed by atoms with Gasteiger partial charge in [-0.1, -0.05) is 19.8 Å². The van der Waals surface area contributed by atoms with E-state index in [1.54, 1.807) is 43.5 Å². The van der Waals surface area contributed by atoms with Crippen LogP contribution in [-0.4, -0.2) is 72.9 Å². The SMILES string of the molecule is CC[C@@H]1C(=O)N(C)c2cnc(Oc3ccc(C(=O)CC4CCN(C)CC4)cc3OC)nc2N1C1CCCC1. The van der Waals surface area contributed by atoms with E-state index in [1.807, 2.05) is 6.92 Å². The molecule has 0 bridgehead atoms. The summed E-state index contributed by atoms with van der Waals surface area (Å²) >= 11 is 0. The minimum Gasteiger partial charge on any atom is -0.493 e. The molecule has 0 radical (unpaired) electrons. The highest BCUT2D eigenvalue weighted by Crippen LogP contribution is 2.41. The fourth-order valence-corrected chi connectivity index (χ4v) is 6.09. The van der Waals surface area contributed by atoms with Gasteiger partial charge in [-0.05, 0) is 76.4 Å². The van der Waals surface area contributed by atoms with Gasteiger partial charge in [0.15, 0.2) is 23.1 Å². The Morgan fingerprint density at radius 3 is 2.50 bits per heavy atom. The maximum absolute atomic E-state index is 13.1. The van der Waals surface area contributed by atoms with Gasteiger partial charge in [0.25, 0.3) is 0 Å². The number of nitrogens with zero attached hydrogens (tertiary/aromatic N) is 5. The quantitative estimate of drug-likeness (QED) is 0.462. The Bertz CT molecular complexity index is 1170. The Kier molecular flexibility index (Phi) is 7.83. The number of methoxy groups -OCH3 is 1. The molecule has 5 rings (SSSR count). The summed E-state index contributed by atoms with van der Waals surface area (Å²) in [5.74, 6) is 2.27. The Balaban J connectivity index is 1.38. The summed E-state index contributed by atoms with van der Waals surface area (Å²) in [7, 11) is 5.47. The van der Waals surface area contributed by atoms with E-state index in [2.05, 4.69) is 21.8 Å². The van der Waals surface area contributed by atoms with Crippen LogP contribution >= 0.6 is 0 Å². The first kappa shape index (κ1) is 26.4. The molecule has 2 fully saturated rings. The number of benzene rings is 1. The molecule has 1 amide bonds. The van der Waals surface area contributed by atoms with Gasteiger partial charge in [0.05, 0.1) is 13.3 Å². The number of ether oxygens (including phenoxy) is 2. The van der Waals surface area contributed by atoms with Gasteiger partial charge < -0.3 is 24.2 Å². The van der Waals surface area contributed by atoms with Crippen molar-refractivity contribution >= 4 is 23.2 Å². The number of hydrogen-bond acceptors (Lipinski definition) is 8. The lowest BCUT2D eigenvalue weighted by atomic mass is 9.90. The van der Waals surface area contributed by atoms with Crippen LogP contribution < -0.4 is 19.3 Å². The van der Waals surface area contributed by atoms with Gasteiger partial charge in [0, 0.05) is 25.1 Å². The van der Waals surface area contributed by atoms with E-state index in [-0.39, 0.29) is 29.8 Å². The van der Waals surface area contributed by atoms with Crippen LogP contribution in [0.2, 0.25) is 0 Å². The second kappa shape index (κ2) is 11.3. The summed E-state index contributed by atoms with van der Waals surface area (Å²) in [4.78, 5) is 41.5. The predicted molar refractivity (Wildman–Crippen MR) is 146 cm³/mol. The van der Waals surface area contributed by atoms with E-state index in [1.165, 1.54) is 0 Å². The van der Waals surface area contributed by atoms with Gasteiger partial charge in [0.1, 0.15) is 11.7 Å². The molecule has 3 aliphatic rings. The molecule has 1 saturated carbocycles. The van der Waals surface area contributed by atoms with Crippen LogP contribution in [0.15, 0.2) is 24.4 Å². The third-order valence-corrected chi connectivity index (χ3v) is 8.39. The Morgan fingerprint density at radius 1 is 1.08 bits per heavy atom. The lowest BCUT2D eigenvalue weighted by Gasteiger charge is -2.43. The zero-order chi connectivity index (χ0) is 26.8. The summed E-state index contributed by atoms with van der Waals surface area (Å²) < 4.78 is 11.7. The maximum Gasteiger partial charge on any atom is 0.324 e. The van der Waals surface area contributed by atoms with Crippen LogP contribution in [0, 0.1) is 5.92 Å². The second-order valence-corrected chi connectivity index (χ2v) is 10.9. The molecule has 3 heterocycles. The average molecular weight is 522 g/mol. The molecule has 0 spiro atoms. The number of aromatic nitrogens is 2. The molecule has 1 aromatic heterocycles. The number of hydrogen-bond donors (Lipinski definition) is 0. The number of piperidine rings is 1. The number of carbonyl (C=O) groups is 2. The monoisotopic (exact) mass is 521 g/mol. The molecule has 1 saturated heterocycles. The van der Waals surface area contributed by atoms with Gasteiger partial charge in [-0.25, -0.2) is 4.98 Å². The molecular weight excluding hydrogens is 482 g/mol. The highest BCUT2D eigenvalue weighted by molar-refractivity contribution is 6.04. The molecule has 9 nitrogen and oxygen atoms in total. The summed E-state index contributed by atoms with van der Waals surface area (Å²) in [5.41, 5.74) is 1.32. The normalized spacial score (nSPS) is 21.1. The van der Waals surface area contributed by atoms with Crippen molar-refractivity contribution in [2.75, 3.05) is 44.1 Å². The van der Waals surface area contributed by atoms with Crippen LogP contribution in [0.3, 0.4) is 0 Å². The number of Topliss-reactive ketones (excluding diaryl/α,β-unsaturated/α-hetero) is 1. The van der Waals surface area contributed by atoms with Crippen molar-refractivity contribution in [1.29, 1.82) is 0 Å². The third-order valence-electron chi connectivity index (χ3n) is 8.39. The highest BCUT2D eigenvalue weighted by atomic mass is 16.5. The molecule has 9 heteroatoms. The number of rotatable bonds is 8. The van der Waals surface area contributed by atoms with Gasteiger partial charge in [-0.2, -0.15) is 4.98 Å². The van der Waals surface area contributed by atoms with Crippen LogP contribution in [0.1, 0.15) is 68.6 Å². The second-order valence-electron chi connectivity index (χ2n) is 10.9. The van der Waals surface area contributed by atoms with Gasteiger partial charge in [-0.3, -0.25) is 9.59 Å². The number of fused-ring (bicyclic) bond motifs is 1. The minimum absolute atomic E-state index is 0.0753. The number of amides is 1. The number of anilines is 2. The summed E-state index contributed by atoms with van der Waals surface area (Å²) in [6.07, 6.45) is 9.43. The topological polar surface area (TPSA) is 88.1 Å². The third kappa shape index (κ3) is 5.21. The van der Waals surface area contributed by atoms with E-state index < -0.39 is 0 Å². The lowest BCUT2D eigenvalue weighted by molar-refractivity contribution is -0.120. The zero-order valence-electron chi connectivity index (χ0n) is 23.0. The van der Waals surface area contributed by atoms with E-state index >= 15 is 0 Å². The number of ketones is 1. The summed E-state index contributed by atoms with van der Waals surface area (Å²) in [6.45, 7) is 4.12. The molecular formula is C29H39N5O4. The highest BCUT2D eigenvalue weighted by Gasteiger charge is 2.41. The van der Waals surface area contributed by atoms with Crippen molar-refractivity contribution < 1.29 is 19.1 Å². The molecule has 1 aromatic carbocycles. The molecule has 0 unspecified atom stereocenters. The van der Waals surface area contributed by atoms with Crippen LogP contribution in [0.5, 0.6) is 17.5 Å². The molecule has 2 aliphatic heterocycles. The summed E-state index contributed by atoms with van der Waals surface area (Å²) in [6, 6.07) is 5.51. The predicted octanol–water partition coefficient (Wildman–Crippen LogP) is 4.70. The van der Waals surface area contributed by atoms with Gasteiger partial charge in [0.2, 0.25) is 5.91 Å². The molecule has 204 valence electrons. The van der Waals surface area contributed by atoms with Crippen LogP contribution in [-0.2, 0) is 4.79 Å². The smallest absolute Gasteiger partial charge is 0.324 e. The largest absolute Gasteiger partial charge is 0.493 e. The van der Waals surface area contributed by atoms with E-state index in [0.717, 1.165) is 57.4 Å². The van der Waals surface area contributed by atoms with E-state index in [9.17, 15) is 9.59 Å². The maximum atomic E-state index is 13.1. The number of carbonyl (C=O) groups excluding carboxylic acids is 2. The standard InChI is InChI=1S/C29H39N5O4/c1-5-22-28(36)33(3)23-18-30-29(31-27(23)34(22)21-8-6-7-9-21)38-25-11-10-20(17-26(25)37-4)24(35)16-19-12-14-32(2)15-13-19/h10-11,17-19,21-22H,5-9,12-16H2,1-4H3/t22-/m1/s1. The molecule has 38 heavy (non-hydrogen) atoms. The van der Waals surface area contributed by atoms with Crippen molar-refractivity contribution in [2.45, 2.75) is 70.4 Å². The van der Waals surface area contributed by atoms with E-state index in [4.69, 9.17) is 14.5 Å².